The van der Waals surface area contributed by atoms with Crippen LogP contribution < -0.4 is 5.73 Å². The normalized spacial score (nSPS) is 17.3. The largest absolute Gasteiger partial charge is 0.506 e. The monoisotopic (exact) mass is 233 g/mol. The zero-order chi connectivity index (χ0) is 9.42. The smallest absolute Gasteiger partial charge is 0.138 e. The molecule has 0 saturated heterocycles. The van der Waals surface area contributed by atoms with Gasteiger partial charge in [-0.1, -0.05) is 23.7 Å². The number of hydrogen-bond acceptors (Lipinski definition) is 2. The van der Waals surface area contributed by atoms with Crippen molar-refractivity contribution >= 4 is 24.0 Å². The average Bonchev–Trinajstić information content (AvgIpc) is 2.91. The topological polar surface area (TPSA) is 46.2 Å². The van der Waals surface area contributed by atoms with Gasteiger partial charge in [-0.05, 0) is 24.8 Å². The van der Waals surface area contributed by atoms with E-state index in [1.165, 1.54) is 0 Å². The maximum atomic E-state index is 9.63. The summed E-state index contributed by atoms with van der Waals surface area (Å²) >= 11 is 5.78. The summed E-state index contributed by atoms with van der Waals surface area (Å²) < 4.78 is 0. The molecule has 4 heteroatoms. The van der Waals surface area contributed by atoms with Crippen molar-refractivity contribution in [2.75, 3.05) is 0 Å². The molecular formula is C10H13Cl2NO. The molecule has 1 aliphatic carbocycles. The fourth-order valence-corrected chi connectivity index (χ4v) is 1.69. The maximum Gasteiger partial charge on any atom is 0.138 e. The Morgan fingerprint density at radius 2 is 2.07 bits per heavy atom. The highest BCUT2D eigenvalue weighted by molar-refractivity contribution is 6.32. The number of rotatable bonds is 2. The maximum absolute atomic E-state index is 9.63. The van der Waals surface area contributed by atoms with Crippen molar-refractivity contribution in [3.05, 3.63) is 28.8 Å². The van der Waals surface area contributed by atoms with Gasteiger partial charge in [0, 0.05) is 11.6 Å². The van der Waals surface area contributed by atoms with Gasteiger partial charge < -0.3 is 10.8 Å². The van der Waals surface area contributed by atoms with E-state index < -0.39 is 0 Å². The van der Waals surface area contributed by atoms with Crippen molar-refractivity contribution in [2.45, 2.75) is 18.9 Å². The van der Waals surface area contributed by atoms with Gasteiger partial charge in [0.1, 0.15) is 5.75 Å². The first-order valence-electron chi connectivity index (χ1n) is 4.43. The van der Waals surface area contributed by atoms with Gasteiger partial charge in [-0.25, -0.2) is 0 Å². The van der Waals surface area contributed by atoms with Crippen LogP contribution in [0.3, 0.4) is 0 Å². The summed E-state index contributed by atoms with van der Waals surface area (Å²) in [6, 6.07) is 5.27. The van der Waals surface area contributed by atoms with Gasteiger partial charge in [0.15, 0.2) is 0 Å². The second kappa shape index (κ2) is 4.39. The molecule has 2 nitrogen and oxygen atoms in total. The number of aromatic hydroxyl groups is 1. The lowest BCUT2D eigenvalue weighted by Crippen LogP contribution is -2.12. The molecular weight excluding hydrogens is 221 g/mol. The van der Waals surface area contributed by atoms with E-state index in [2.05, 4.69) is 0 Å². The molecule has 1 aliphatic rings. The molecule has 0 spiro atoms. The van der Waals surface area contributed by atoms with E-state index in [0.717, 1.165) is 18.4 Å². The summed E-state index contributed by atoms with van der Waals surface area (Å²) in [5, 5.41) is 10.0. The number of para-hydroxylation sites is 1. The Morgan fingerprint density at radius 1 is 1.43 bits per heavy atom. The molecule has 1 saturated carbocycles. The Bertz CT molecular complexity index is 326. The molecule has 1 aromatic carbocycles. The lowest BCUT2D eigenvalue weighted by molar-refractivity contribution is 0.456. The van der Waals surface area contributed by atoms with Crippen molar-refractivity contribution in [3.8, 4) is 5.75 Å². The number of phenolic OH excluding ortho intramolecular Hbond substituents is 1. The summed E-state index contributed by atoms with van der Waals surface area (Å²) in [6.07, 6.45) is 2.32. The van der Waals surface area contributed by atoms with Crippen molar-refractivity contribution < 1.29 is 5.11 Å². The molecule has 0 amide bonds. The lowest BCUT2D eigenvalue weighted by atomic mass is 10.0. The Balaban J connectivity index is 0.000000980. The summed E-state index contributed by atoms with van der Waals surface area (Å²) in [4.78, 5) is 0. The molecule has 0 aliphatic heterocycles. The third kappa shape index (κ3) is 2.14. The molecule has 3 N–H and O–H groups in total. The Hall–Kier alpha value is -0.440. The van der Waals surface area contributed by atoms with Gasteiger partial charge >= 0.3 is 0 Å². The minimum atomic E-state index is -0.0568. The Labute approximate surface area is 94.5 Å². The highest BCUT2D eigenvalue weighted by atomic mass is 35.5. The van der Waals surface area contributed by atoms with Crippen molar-refractivity contribution in [1.29, 1.82) is 0 Å². The number of nitrogens with two attached hydrogens (primary N) is 1. The summed E-state index contributed by atoms with van der Waals surface area (Å²) in [6.45, 7) is 0. The summed E-state index contributed by atoms with van der Waals surface area (Å²) in [5.74, 6) is 0.674. The highest BCUT2D eigenvalue weighted by Gasteiger charge is 2.31. The molecule has 1 fully saturated rings. The molecule has 2 rings (SSSR count). The number of hydrogen-bond donors (Lipinski definition) is 2. The van der Waals surface area contributed by atoms with Gasteiger partial charge in [-0.15, -0.1) is 12.4 Å². The summed E-state index contributed by atoms with van der Waals surface area (Å²) in [7, 11) is 0. The van der Waals surface area contributed by atoms with Crippen LogP contribution in [0.2, 0.25) is 5.02 Å². The second-order valence-electron chi connectivity index (χ2n) is 3.54. The third-order valence-electron chi connectivity index (χ3n) is 2.51. The first-order valence-corrected chi connectivity index (χ1v) is 4.81. The highest BCUT2D eigenvalue weighted by Crippen LogP contribution is 2.43. The minimum absolute atomic E-state index is 0. The average molecular weight is 234 g/mol. The minimum Gasteiger partial charge on any atom is -0.506 e. The van der Waals surface area contributed by atoms with E-state index in [1.54, 1.807) is 6.07 Å². The SMILES string of the molecule is Cl.N[C@@H](c1cccc(Cl)c1O)C1CC1. The summed E-state index contributed by atoms with van der Waals surface area (Å²) in [5.41, 5.74) is 6.72. The molecule has 0 bridgehead atoms. The lowest BCUT2D eigenvalue weighted by Gasteiger charge is -2.12. The molecule has 0 radical (unpaired) electrons. The van der Waals surface area contributed by atoms with Gasteiger partial charge in [0.05, 0.1) is 5.02 Å². The zero-order valence-corrected chi connectivity index (χ0v) is 9.18. The first kappa shape index (κ1) is 11.6. The Morgan fingerprint density at radius 3 is 2.64 bits per heavy atom. The van der Waals surface area contributed by atoms with Crippen LogP contribution in [0.15, 0.2) is 18.2 Å². The Kier molecular flexibility index (Phi) is 3.65. The second-order valence-corrected chi connectivity index (χ2v) is 3.95. The van der Waals surface area contributed by atoms with E-state index in [-0.39, 0.29) is 24.2 Å². The van der Waals surface area contributed by atoms with Gasteiger partial charge in [0.25, 0.3) is 0 Å². The van der Waals surface area contributed by atoms with Crippen LogP contribution in [0.5, 0.6) is 5.75 Å². The van der Waals surface area contributed by atoms with E-state index in [1.807, 2.05) is 12.1 Å². The molecule has 14 heavy (non-hydrogen) atoms. The van der Waals surface area contributed by atoms with Crippen LogP contribution in [-0.2, 0) is 0 Å². The molecule has 0 heterocycles. The van der Waals surface area contributed by atoms with Crippen LogP contribution in [0.25, 0.3) is 0 Å². The van der Waals surface area contributed by atoms with Gasteiger partial charge in [-0.2, -0.15) is 0 Å². The molecule has 0 aromatic heterocycles. The number of benzene rings is 1. The number of halogens is 2. The number of phenols is 1. The quantitative estimate of drug-likeness (QED) is 0.826. The van der Waals surface area contributed by atoms with E-state index in [4.69, 9.17) is 17.3 Å². The third-order valence-corrected chi connectivity index (χ3v) is 2.81. The molecule has 0 unspecified atom stereocenters. The van der Waals surface area contributed by atoms with Crippen LogP contribution in [-0.4, -0.2) is 5.11 Å². The fraction of sp³-hybridized carbons (Fsp3) is 0.400. The van der Waals surface area contributed by atoms with Gasteiger partial charge in [0.2, 0.25) is 0 Å². The van der Waals surface area contributed by atoms with Crippen LogP contribution in [0, 0.1) is 5.92 Å². The predicted molar refractivity (Wildman–Crippen MR) is 60.0 cm³/mol. The van der Waals surface area contributed by atoms with Gasteiger partial charge in [-0.3, -0.25) is 0 Å². The van der Waals surface area contributed by atoms with Crippen molar-refractivity contribution in [3.63, 3.8) is 0 Å². The molecule has 1 atom stereocenters. The van der Waals surface area contributed by atoms with E-state index in [0.29, 0.717) is 10.9 Å². The van der Waals surface area contributed by atoms with Crippen molar-refractivity contribution in [1.82, 2.24) is 0 Å². The zero-order valence-electron chi connectivity index (χ0n) is 7.61. The van der Waals surface area contributed by atoms with Crippen LogP contribution in [0.4, 0.5) is 0 Å². The van der Waals surface area contributed by atoms with Crippen LogP contribution >= 0.6 is 24.0 Å². The molecule has 78 valence electrons. The predicted octanol–water partition coefficient (Wildman–Crippen LogP) is 2.88. The fourth-order valence-electron chi connectivity index (χ4n) is 1.51. The standard InChI is InChI=1S/C10H12ClNO.ClH/c11-8-3-1-2-7(10(8)13)9(12)6-4-5-6;/h1-3,6,9,13H,4-5,12H2;1H/t9-;/m1./s1. The first-order chi connectivity index (χ1) is 6.20. The van der Waals surface area contributed by atoms with Crippen LogP contribution in [0.1, 0.15) is 24.4 Å². The molecule has 1 aromatic rings. The van der Waals surface area contributed by atoms with E-state index in [9.17, 15) is 5.11 Å². The van der Waals surface area contributed by atoms with Crippen molar-refractivity contribution in [2.24, 2.45) is 11.7 Å². The van der Waals surface area contributed by atoms with E-state index >= 15 is 0 Å².